The molecule has 0 aromatic carbocycles. The highest BCUT2D eigenvalue weighted by molar-refractivity contribution is 5.73. The molecule has 0 amide bonds. The first kappa shape index (κ1) is 15.2. The van der Waals surface area contributed by atoms with Crippen molar-refractivity contribution in [2.45, 2.75) is 51.2 Å². The molecule has 0 aliphatic rings. The Balaban J connectivity index is 3.91. The van der Waals surface area contributed by atoms with Crippen LogP contribution in [0.3, 0.4) is 0 Å². The van der Waals surface area contributed by atoms with Crippen molar-refractivity contribution in [2.75, 3.05) is 6.54 Å². The van der Waals surface area contributed by atoms with Crippen LogP contribution in [0, 0.1) is 0 Å². The van der Waals surface area contributed by atoms with E-state index in [9.17, 15) is 18.0 Å². The van der Waals surface area contributed by atoms with Gasteiger partial charge in [-0.25, -0.2) is 18.0 Å². The molecular weight excluding hydrogens is 223 g/mol. The summed E-state index contributed by atoms with van der Waals surface area (Å²) < 4.78 is 37.5. The van der Waals surface area contributed by atoms with Gasteiger partial charge in [0, 0.05) is 0 Å². The third kappa shape index (κ3) is 5.95. The van der Waals surface area contributed by atoms with Crippen molar-refractivity contribution in [1.29, 1.82) is 0 Å². The molecule has 0 heterocycles. The van der Waals surface area contributed by atoms with Gasteiger partial charge in [-0.15, -0.1) is 0 Å². The topological polar surface area (TPSA) is 49.3 Å². The molecule has 2 N–H and O–H groups in total. The Bertz CT molecular complexity index is 203. The molecule has 16 heavy (non-hydrogen) atoms. The van der Waals surface area contributed by atoms with Gasteiger partial charge in [-0.3, -0.25) is 0 Å². The van der Waals surface area contributed by atoms with E-state index in [1.54, 1.807) is 0 Å². The first-order valence-corrected chi connectivity index (χ1v) is 5.39. The van der Waals surface area contributed by atoms with Crippen molar-refractivity contribution in [3.63, 3.8) is 0 Å². The Morgan fingerprint density at radius 3 is 2.31 bits per heavy atom. The maximum absolute atomic E-state index is 12.9. The fourth-order valence-electron chi connectivity index (χ4n) is 1.29. The van der Waals surface area contributed by atoms with E-state index in [0.717, 1.165) is 19.3 Å². The quantitative estimate of drug-likeness (QED) is 0.608. The van der Waals surface area contributed by atoms with E-state index in [4.69, 9.17) is 5.11 Å². The summed E-state index contributed by atoms with van der Waals surface area (Å²) in [5.74, 6) is -1.86. The maximum Gasteiger partial charge on any atom is 0.340 e. The number of hydrogen-bond donors (Lipinski definition) is 2. The number of carboxylic acid groups (broad SMARTS) is 1. The lowest BCUT2D eigenvalue weighted by Gasteiger charge is -2.18. The zero-order valence-corrected chi connectivity index (χ0v) is 9.26. The molecule has 0 aliphatic carbocycles. The van der Waals surface area contributed by atoms with Crippen molar-refractivity contribution in [3.05, 3.63) is 0 Å². The SMILES string of the molecule is CCCCCCNC(C(F)F)C(F)C(=O)O. The van der Waals surface area contributed by atoms with E-state index in [1.807, 2.05) is 6.92 Å². The van der Waals surface area contributed by atoms with Crippen LogP contribution in [-0.2, 0) is 4.79 Å². The average molecular weight is 241 g/mol. The van der Waals surface area contributed by atoms with E-state index >= 15 is 0 Å². The smallest absolute Gasteiger partial charge is 0.340 e. The summed E-state index contributed by atoms with van der Waals surface area (Å²) in [6.07, 6.45) is -2.08. The number of carbonyl (C=O) groups is 1. The third-order valence-electron chi connectivity index (χ3n) is 2.23. The lowest BCUT2D eigenvalue weighted by atomic mass is 10.1. The summed E-state index contributed by atoms with van der Waals surface area (Å²) in [7, 11) is 0. The van der Waals surface area contributed by atoms with Crippen LogP contribution >= 0.6 is 0 Å². The predicted octanol–water partition coefficient (Wildman–Crippen LogP) is 2.21. The molecular formula is C10H18F3NO2. The van der Waals surface area contributed by atoms with Crippen LogP contribution < -0.4 is 5.32 Å². The fourth-order valence-corrected chi connectivity index (χ4v) is 1.29. The molecule has 3 nitrogen and oxygen atoms in total. The number of halogens is 3. The Morgan fingerprint density at radius 1 is 1.25 bits per heavy atom. The second kappa shape index (κ2) is 8.38. The summed E-state index contributed by atoms with van der Waals surface area (Å²) in [5.41, 5.74) is 0. The monoisotopic (exact) mass is 241 g/mol. The number of carboxylic acids is 1. The Morgan fingerprint density at radius 2 is 1.88 bits per heavy atom. The maximum atomic E-state index is 12.9. The van der Waals surface area contributed by atoms with E-state index in [1.165, 1.54) is 0 Å². The van der Waals surface area contributed by atoms with Crippen LogP contribution in [0.1, 0.15) is 32.6 Å². The molecule has 0 aromatic rings. The molecule has 0 bridgehead atoms. The summed E-state index contributed by atoms with van der Waals surface area (Å²) in [5, 5.41) is 10.5. The highest BCUT2D eigenvalue weighted by atomic mass is 19.3. The van der Waals surface area contributed by atoms with Crippen LogP contribution in [0.5, 0.6) is 0 Å². The molecule has 2 atom stereocenters. The summed E-state index contributed by atoms with van der Waals surface area (Å²) >= 11 is 0. The molecule has 0 fully saturated rings. The molecule has 0 spiro atoms. The molecule has 0 saturated heterocycles. The normalized spacial score (nSPS) is 15.1. The zero-order valence-electron chi connectivity index (χ0n) is 9.26. The van der Waals surface area contributed by atoms with Crippen LogP contribution in [0.25, 0.3) is 0 Å². The lowest BCUT2D eigenvalue weighted by molar-refractivity contribution is -0.145. The largest absolute Gasteiger partial charge is 0.479 e. The summed E-state index contributed by atoms with van der Waals surface area (Å²) in [6.45, 7) is 2.22. The number of rotatable bonds is 9. The number of nitrogens with one attached hydrogen (secondary N) is 1. The Kier molecular flexibility index (Phi) is 7.97. The van der Waals surface area contributed by atoms with E-state index in [-0.39, 0.29) is 6.54 Å². The minimum absolute atomic E-state index is 0.211. The molecule has 0 saturated carbocycles. The van der Waals surface area contributed by atoms with Crippen LogP contribution in [-0.4, -0.2) is 36.3 Å². The van der Waals surface area contributed by atoms with Gasteiger partial charge in [0.05, 0.1) is 0 Å². The number of hydrogen-bond acceptors (Lipinski definition) is 2. The average Bonchev–Trinajstić information content (AvgIpc) is 2.21. The lowest BCUT2D eigenvalue weighted by Crippen LogP contribution is -2.47. The van der Waals surface area contributed by atoms with Gasteiger partial charge in [0.1, 0.15) is 6.04 Å². The summed E-state index contributed by atoms with van der Waals surface area (Å²) in [4.78, 5) is 10.2. The van der Waals surface area contributed by atoms with Crippen LogP contribution in [0.2, 0.25) is 0 Å². The number of aliphatic carboxylic acids is 1. The Labute approximate surface area is 93.0 Å². The molecule has 96 valence electrons. The highest BCUT2D eigenvalue weighted by Gasteiger charge is 2.34. The Hall–Kier alpha value is -0.780. The minimum Gasteiger partial charge on any atom is -0.479 e. The van der Waals surface area contributed by atoms with Gasteiger partial charge >= 0.3 is 5.97 Å². The van der Waals surface area contributed by atoms with Crippen molar-refractivity contribution in [2.24, 2.45) is 0 Å². The predicted molar refractivity (Wildman–Crippen MR) is 54.5 cm³/mol. The molecule has 2 unspecified atom stereocenters. The standard InChI is InChI=1S/C10H18F3NO2/c1-2-3-4-5-6-14-8(9(12)13)7(11)10(15)16/h7-9,14H,2-6H2,1H3,(H,15,16). The van der Waals surface area contributed by atoms with Crippen molar-refractivity contribution < 1.29 is 23.1 Å². The van der Waals surface area contributed by atoms with E-state index < -0.39 is 24.6 Å². The minimum atomic E-state index is -3.02. The molecule has 0 aliphatic heterocycles. The van der Waals surface area contributed by atoms with Gasteiger partial charge in [0.15, 0.2) is 0 Å². The second-order valence-corrected chi connectivity index (χ2v) is 3.62. The molecule has 0 rings (SSSR count). The number of alkyl halides is 3. The first-order chi connectivity index (χ1) is 7.50. The van der Waals surface area contributed by atoms with Crippen molar-refractivity contribution in [1.82, 2.24) is 5.32 Å². The fraction of sp³-hybridized carbons (Fsp3) is 0.900. The van der Waals surface area contributed by atoms with Crippen LogP contribution in [0.4, 0.5) is 13.2 Å². The van der Waals surface area contributed by atoms with Crippen molar-refractivity contribution >= 4 is 5.97 Å². The van der Waals surface area contributed by atoms with E-state index in [2.05, 4.69) is 5.32 Å². The van der Waals surface area contributed by atoms with E-state index in [0.29, 0.717) is 6.42 Å². The van der Waals surface area contributed by atoms with Gasteiger partial charge in [-0.1, -0.05) is 26.2 Å². The van der Waals surface area contributed by atoms with Gasteiger partial charge < -0.3 is 10.4 Å². The third-order valence-corrected chi connectivity index (χ3v) is 2.23. The first-order valence-electron chi connectivity index (χ1n) is 5.39. The van der Waals surface area contributed by atoms with Gasteiger partial charge in [0.25, 0.3) is 6.43 Å². The molecule has 0 radical (unpaired) electrons. The van der Waals surface area contributed by atoms with Crippen molar-refractivity contribution in [3.8, 4) is 0 Å². The summed E-state index contributed by atoms with van der Waals surface area (Å²) in [6, 6.07) is -1.92. The highest BCUT2D eigenvalue weighted by Crippen LogP contribution is 2.10. The van der Waals surface area contributed by atoms with Gasteiger partial charge in [-0.2, -0.15) is 0 Å². The second-order valence-electron chi connectivity index (χ2n) is 3.62. The van der Waals surface area contributed by atoms with Gasteiger partial charge in [-0.05, 0) is 13.0 Å². The van der Waals surface area contributed by atoms with Gasteiger partial charge in [0.2, 0.25) is 6.17 Å². The molecule has 0 aromatic heterocycles. The number of unbranched alkanes of at least 4 members (excludes halogenated alkanes) is 3. The van der Waals surface area contributed by atoms with Crippen LogP contribution in [0.15, 0.2) is 0 Å². The zero-order chi connectivity index (χ0) is 12.6. The molecule has 6 heteroatoms.